The van der Waals surface area contributed by atoms with Gasteiger partial charge in [-0.2, -0.15) is 10.1 Å². The zero-order chi connectivity index (χ0) is 18.0. The van der Waals surface area contributed by atoms with E-state index in [9.17, 15) is 9.59 Å². The Labute approximate surface area is 145 Å². The van der Waals surface area contributed by atoms with Crippen LogP contribution >= 0.6 is 0 Å². The smallest absolute Gasteiger partial charge is 0.340 e. The predicted octanol–water partition coefficient (Wildman–Crippen LogP) is 1.84. The van der Waals surface area contributed by atoms with Crippen LogP contribution in [0.4, 0.5) is 0 Å². The molecule has 1 aromatic rings. The fourth-order valence-corrected chi connectivity index (χ4v) is 2.74. The summed E-state index contributed by atoms with van der Waals surface area (Å²) in [6, 6.07) is 0. The molecule has 3 rings (SSSR count). The van der Waals surface area contributed by atoms with Gasteiger partial charge in [-0.25, -0.2) is 9.79 Å². The first-order valence-electron chi connectivity index (χ1n) is 7.96. The van der Waals surface area contributed by atoms with Crippen LogP contribution in [0.2, 0.25) is 0 Å². The lowest BCUT2D eigenvalue weighted by atomic mass is 10.1. The Kier molecular flexibility index (Phi) is 4.51. The van der Waals surface area contributed by atoms with Crippen molar-refractivity contribution in [3.8, 4) is 0 Å². The van der Waals surface area contributed by atoms with Crippen molar-refractivity contribution in [3.63, 3.8) is 0 Å². The van der Waals surface area contributed by atoms with Gasteiger partial charge in [0.15, 0.2) is 5.84 Å². The SMILES string of the molecule is CCOC(=O)c1c(C)[nH]c(C=C2NC=CN=C2N2N=CCC2=O)c1C. The van der Waals surface area contributed by atoms with Crippen LogP contribution in [0.3, 0.4) is 0 Å². The monoisotopic (exact) mass is 341 g/mol. The van der Waals surface area contributed by atoms with Crippen LogP contribution < -0.4 is 5.32 Å². The minimum absolute atomic E-state index is 0.145. The summed E-state index contributed by atoms with van der Waals surface area (Å²) in [5.41, 5.74) is 3.36. The molecule has 0 fully saturated rings. The molecule has 0 unspecified atom stereocenters. The second-order valence-electron chi connectivity index (χ2n) is 5.56. The molecule has 0 bridgehead atoms. The number of hydrazone groups is 1. The number of ether oxygens (including phenoxy) is 1. The number of carbonyl (C=O) groups excluding carboxylic acids is 2. The maximum atomic E-state index is 12.1. The van der Waals surface area contributed by atoms with Crippen LogP contribution in [0.25, 0.3) is 6.08 Å². The highest BCUT2D eigenvalue weighted by Gasteiger charge is 2.26. The van der Waals surface area contributed by atoms with Crippen LogP contribution in [0.1, 0.15) is 40.7 Å². The van der Waals surface area contributed by atoms with Gasteiger partial charge in [0.05, 0.1) is 24.3 Å². The fraction of sp³-hybridized carbons (Fsp3) is 0.294. The molecule has 2 aliphatic heterocycles. The van der Waals surface area contributed by atoms with E-state index in [2.05, 4.69) is 20.4 Å². The van der Waals surface area contributed by atoms with Crippen molar-refractivity contribution in [2.75, 3.05) is 6.61 Å². The lowest BCUT2D eigenvalue weighted by Gasteiger charge is -2.19. The summed E-state index contributed by atoms with van der Waals surface area (Å²) in [6.45, 7) is 5.75. The molecule has 0 saturated carbocycles. The summed E-state index contributed by atoms with van der Waals surface area (Å²) in [4.78, 5) is 31.5. The molecule has 0 aromatic carbocycles. The Balaban J connectivity index is 1.97. The summed E-state index contributed by atoms with van der Waals surface area (Å²) in [5, 5.41) is 8.39. The zero-order valence-corrected chi connectivity index (χ0v) is 14.3. The standard InChI is InChI=1S/C17H19N5O3/c1-4-25-17(24)15-10(2)12(21-11(15)3)9-13-16(19-8-7-18-13)22-14(23)5-6-20-22/h6-9,18,21H,4-5H2,1-3H3. The van der Waals surface area contributed by atoms with E-state index in [1.54, 1.807) is 31.6 Å². The molecule has 3 heterocycles. The normalized spacial score (nSPS) is 17.9. The van der Waals surface area contributed by atoms with Crippen LogP contribution in [-0.4, -0.2) is 40.5 Å². The van der Waals surface area contributed by atoms with Gasteiger partial charge in [0, 0.05) is 30.0 Å². The maximum Gasteiger partial charge on any atom is 0.340 e. The van der Waals surface area contributed by atoms with Crippen LogP contribution in [0.15, 0.2) is 28.2 Å². The average Bonchev–Trinajstić information content (AvgIpc) is 3.12. The average molecular weight is 341 g/mol. The lowest BCUT2D eigenvalue weighted by Crippen LogP contribution is -2.34. The topological polar surface area (TPSA) is 99.2 Å². The number of aromatic nitrogens is 1. The van der Waals surface area contributed by atoms with E-state index in [-0.39, 0.29) is 18.3 Å². The molecular weight excluding hydrogens is 322 g/mol. The molecule has 8 nitrogen and oxygen atoms in total. The van der Waals surface area contributed by atoms with Crippen molar-refractivity contribution in [1.29, 1.82) is 0 Å². The van der Waals surface area contributed by atoms with Crippen LogP contribution in [0, 0.1) is 13.8 Å². The van der Waals surface area contributed by atoms with E-state index >= 15 is 0 Å². The van der Waals surface area contributed by atoms with Gasteiger partial charge in [0.1, 0.15) is 0 Å². The highest BCUT2D eigenvalue weighted by molar-refractivity contribution is 6.14. The van der Waals surface area contributed by atoms with Gasteiger partial charge in [-0.15, -0.1) is 0 Å². The highest BCUT2D eigenvalue weighted by atomic mass is 16.5. The van der Waals surface area contributed by atoms with Crippen molar-refractivity contribution in [2.24, 2.45) is 10.1 Å². The molecule has 130 valence electrons. The molecule has 2 N–H and O–H groups in total. The Morgan fingerprint density at radius 3 is 2.92 bits per heavy atom. The minimum atomic E-state index is -0.358. The van der Waals surface area contributed by atoms with Gasteiger partial charge in [-0.3, -0.25) is 4.79 Å². The number of esters is 1. The Morgan fingerprint density at radius 2 is 2.24 bits per heavy atom. The third kappa shape index (κ3) is 3.10. The fourth-order valence-electron chi connectivity index (χ4n) is 2.74. The number of nitrogens with zero attached hydrogens (tertiary/aromatic N) is 3. The molecule has 1 amide bonds. The van der Waals surface area contributed by atoms with Crippen molar-refractivity contribution < 1.29 is 14.3 Å². The number of H-pyrrole nitrogens is 1. The molecule has 0 aliphatic carbocycles. The van der Waals surface area contributed by atoms with Crippen LogP contribution in [0.5, 0.6) is 0 Å². The Bertz CT molecular complexity index is 845. The van der Waals surface area contributed by atoms with Gasteiger partial charge in [-0.05, 0) is 32.4 Å². The minimum Gasteiger partial charge on any atom is -0.462 e. The number of amidine groups is 1. The van der Waals surface area contributed by atoms with E-state index in [1.165, 1.54) is 5.01 Å². The number of rotatable bonds is 3. The van der Waals surface area contributed by atoms with E-state index < -0.39 is 0 Å². The van der Waals surface area contributed by atoms with Crippen molar-refractivity contribution >= 4 is 30.0 Å². The molecule has 0 atom stereocenters. The molecular formula is C17H19N5O3. The van der Waals surface area contributed by atoms with Crippen molar-refractivity contribution in [3.05, 3.63) is 40.6 Å². The number of nitrogens with one attached hydrogen (secondary N) is 2. The number of aliphatic imine (C=N–C) groups is 1. The summed E-state index contributed by atoms with van der Waals surface area (Å²) in [6.07, 6.45) is 6.82. The molecule has 1 aromatic heterocycles. The van der Waals surface area contributed by atoms with E-state index in [4.69, 9.17) is 4.74 Å². The van der Waals surface area contributed by atoms with E-state index in [1.807, 2.05) is 13.8 Å². The number of aromatic amines is 1. The van der Waals surface area contributed by atoms with E-state index in [0.29, 0.717) is 23.7 Å². The second-order valence-corrected chi connectivity index (χ2v) is 5.56. The first kappa shape index (κ1) is 16.7. The molecule has 0 spiro atoms. The molecule has 0 radical (unpaired) electrons. The first-order valence-corrected chi connectivity index (χ1v) is 7.96. The molecule has 2 aliphatic rings. The molecule has 8 heteroatoms. The largest absolute Gasteiger partial charge is 0.462 e. The molecule has 0 saturated heterocycles. The van der Waals surface area contributed by atoms with Crippen molar-refractivity contribution in [1.82, 2.24) is 15.3 Å². The first-order chi connectivity index (χ1) is 12.0. The van der Waals surface area contributed by atoms with Gasteiger partial charge < -0.3 is 15.0 Å². The van der Waals surface area contributed by atoms with Gasteiger partial charge in [-0.1, -0.05) is 0 Å². The Hall–Kier alpha value is -3.16. The number of carbonyl (C=O) groups is 2. The third-order valence-electron chi connectivity index (χ3n) is 3.90. The van der Waals surface area contributed by atoms with Gasteiger partial charge >= 0.3 is 5.97 Å². The van der Waals surface area contributed by atoms with Crippen molar-refractivity contribution in [2.45, 2.75) is 27.2 Å². The highest BCUT2D eigenvalue weighted by Crippen LogP contribution is 2.22. The lowest BCUT2D eigenvalue weighted by molar-refractivity contribution is -0.125. The summed E-state index contributed by atoms with van der Waals surface area (Å²) in [7, 11) is 0. The third-order valence-corrected chi connectivity index (χ3v) is 3.90. The maximum absolute atomic E-state index is 12.1. The molecule has 25 heavy (non-hydrogen) atoms. The number of hydrogen-bond donors (Lipinski definition) is 2. The summed E-state index contributed by atoms with van der Waals surface area (Å²) in [5.74, 6) is -0.0953. The summed E-state index contributed by atoms with van der Waals surface area (Å²) >= 11 is 0. The second kappa shape index (κ2) is 6.76. The number of hydrogen-bond acceptors (Lipinski definition) is 6. The van der Waals surface area contributed by atoms with Gasteiger partial charge in [0.2, 0.25) is 0 Å². The number of aryl methyl sites for hydroxylation is 1. The Morgan fingerprint density at radius 1 is 1.44 bits per heavy atom. The predicted molar refractivity (Wildman–Crippen MR) is 93.9 cm³/mol. The van der Waals surface area contributed by atoms with E-state index in [0.717, 1.165) is 17.0 Å². The number of amides is 1. The van der Waals surface area contributed by atoms with Gasteiger partial charge in [0.25, 0.3) is 5.91 Å². The quantitative estimate of drug-likeness (QED) is 0.820. The van der Waals surface area contributed by atoms with Crippen LogP contribution in [-0.2, 0) is 9.53 Å². The summed E-state index contributed by atoms with van der Waals surface area (Å²) < 4.78 is 5.11. The zero-order valence-electron chi connectivity index (χ0n) is 14.3.